The standard InChI is InChI=1S/C14H21BrO4Si.C14H21O4Si.7CH3.3Sn/c1-17-13-8-12(15)11(9-16)7-14(13)19-10-18-5-6-20(2,3)4;1-16-13-6-5-12(10-15)9-14(13)18-11-17-7-8-19(2,3)4;;;;;;;;;;/h7-9H,5-6,10H2,1-4H3;6,9-10H,7-8,11H2,1-4H3;7*1H3;;;. The minimum absolute atomic E-state index is 0.154. The minimum atomic E-state index is -2.39. The van der Waals surface area contributed by atoms with Gasteiger partial charge < -0.3 is 14.2 Å². The van der Waals surface area contributed by atoms with E-state index in [1.807, 2.05) is 6.07 Å². The van der Waals surface area contributed by atoms with Gasteiger partial charge in [-0.15, -0.1) is 0 Å². The molecule has 0 unspecified atom stereocenters. The topological polar surface area (TPSA) is 89.5 Å². The number of carbonyl (C=O) groups excluding carboxylic acids is 2. The van der Waals surface area contributed by atoms with Crippen molar-refractivity contribution in [2.45, 2.75) is 85.9 Å². The van der Waals surface area contributed by atoms with Crippen LogP contribution in [0.25, 0.3) is 0 Å². The predicted octanol–water partition coefficient (Wildman–Crippen LogP) is 9.28. The van der Waals surface area contributed by atoms with Crippen LogP contribution in [0.4, 0.5) is 0 Å². The van der Waals surface area contributed by atoms with Crippen LogP contribution in [0.15, 0.2) is 28.7 Å². The summed E-state index contributed by atoms with van der Waals surface area (Å²) in [6.45, 7) is 15.6. The van der Waals surface area contributed by atoms with E-state index in [0.717, 1.165) is 28.2 Å². The monoisotopic (exact) mass is 1110 g/mol. The molecule has 2 aromatic carbocycles. The van der Waals surface area contributed by atoms with E-state index in [-0.39, 0.29) is 13.6 Å². The SMILES string of the molecule is COc1c[c]([Sn]([CH3])([CH3])[CH3])c(C=O)cc1OCOCC[Si](C)(C)C.COc1cc(Br)c(C=O)cc1OCOCC[Si](C)(C)C.[CH3][Sn].[CH3][Sn]([CH3])[CH3]. The van der Waals surface area contributed by atoms with Crippen molar-refractivity contribution >= 4 is 109 Å². The first-order valence-electron chi connectivity index (χ1n) is 16.4. The molecule has 0 aliphatic carbocycles. The summed E-state index contributed by atoms with van der Waals surface area (Å²) in [5, 5.41) is 0. The van der Waals surface area contributed by atoms with Crippen LogP contribution >= 0.6 is 15.9 Å². The molecule has 0 aromatic heterocycles. The molecule has 0 bridgehead atoms. The average Bonchev–Trinajstić information content (AvgIpc) is 3.00. The summed E-state index contributed by atoms with van der Waals surface area (Å²) < 4.78 is 34.7. The molecule has 0 fully saturated rings. The molecule has 2 aromatic rings. The molecule has 14 heteroatoms. The summed E-state index contributed by atoms with van der Waals surface area (Å²) in [5.74, 6) is 2.31. The van der Waals surface area contributed by atoms with Crippen molar-refractivity contribution in [1.29, 1.82) is 0 Å². The van der Waals surface area contributed by atoms with E-state index in [2.05, 4.69) is 89.8 Å². The maximum atomic E-state index is 11.4. The van der Waals surface area contributed by atoms with Crippen molar-refractivity contribution in [1.82, 2.24) is 0 Å². The van der Waals surface area contributed by atoms with Gasteiger partial charge in [0, 0.05) is 24.7 Å². The molecule has 4 radical (unpaired) electrons. The van der Waals surface area contributed by atoms with E-state index in [0.29, 0.717) is 51.8 Å². The van der Waals surface area contributed by atoms with Gasteiger partial charge in [-0.2, -0.15) is 0 Å². The van der Waals surface area contributed by atoms with Crippen LogP contribution in [0.2, 0.25) is 85.9 Å². The van der Waals surface area contributed by atoms with Gasteiger partial charge in [0.1, 0.15) is 0 Å². The van der Waals surface area contributed by atoms with Gasteiger partial charge in [0.25, 0.3) is 0 Å². The Hall–Kier alpha value is 0.210. The zero-order valence-electron chi connectivity index (χ0n) is 32.9. The van der Waals surface area contributed by atoms with Crippen molar-refractivity contribution in [3.63, 3.8) is 0 Å². The molecule has 0 atom stereocenters. The second-order valence-electron chi connectivity index (χ2n) is 15.1. The van der Waals surface area contributed by atoms with Gasteiger partial charge >= 0.3 is 208 Å². The first-order chi connectivity index (χ1) is 22.7. The van der Waals surface area contributed by atoms with Gasteiger partial charge in [-0.05, 0) is 34.1 Å². The second kappa shape index (κ2) is 26.9. The molecule has 0 saturated carbocycles. The molecule has 0 aliphatic heterocycles. The Morgan fingerprint density at radius 2 is 1.06 bits per heavy atom. The number of rotatable bonds is 17. The zero-order valence-corrected chi connectivity index (χ0v) is 45.0. The third-order valence-electron chi connectivity index (χ3n) is 6.27. The third kappa shape index (κ3) is 25.0. The van der Waals surface area contributed by atoms with Crippen LogP contribution in [0.3, 0.4) is 0 Å². The molecule has 0 aliphatic rings. The fourth-order valence-electron chi connectivity index (χ4n) is 3.59. The summed E-state index contributed by atoms with van der Waals surface area (Å²) >= 11 is 1.92. The quantitative estimate of drug-likeness (QED) is 0.0671. The molecular weight excluding hydrogens is 1040 g/mol. The van der Waals surface area contributed by atoms with Gasteiger partial charge in [0.15, 0.2) is 24.6 Å². The normalized spacial score (nSPS) is 11.1. The zero-order chi connectivity index (χ0) is 38.4. The fraction of sp³-hybridized carbons (Fsp3) is 0.600. The number of aldehydes is 2. The number of hydrogen-bond donors (Lipinski definition) is 0. The molecule has 2 rings (SSSR count). The summed E-state index contributed by atoms with van der Waals surface area (Å²) in [5.41, 5.74) is 1.23. The van der Waals surface area contributed by atoms with Crippen molar-refractivity contribution in [3.05, 3.63) is 39.9 Å². The Morgan fingerprint density at radius 1 is 0.694 bits per heavy atom. The van der Waals surface area contributed by atoms with E-state index in [1.54, 1.807) is 54.9 Å². The Kier molecular flexibility index (Phi) is 28.2. The molecule has 49 heavy (non-hydrogen) atoms. The number of ether oxygens (including phenoxy) is 6. The Bertz CT molecular complexity index is 1230. The summed E-state index contributed by atoms with van der Waals surface area (Å²) in [7, 11) is 1.00. The van der Waals surface area contributed by atoms with Gasteiger partial charge in [-0.1, -0.05) is 19.6 Å². The van der Waals surface area contributed by atoms with Crippen LogP contribution < -0.4 is 22.5 Å². The molecule has 278 valence electrons. The van der Waals surface area contributed by atoms with E-state index in [9.17, 15) is 9.59 Å². The van der Waals surface area contributed by atoms with Gasteiger partial charge in [0.05, 0.1) is 7.11 Å². The molecule has 0 N–H and O–H groups in total. The van der Waals surface area contributed by atoms with Gasteiger partial charge in [0.2, 0.25) is 0 Å². The maximum absolute atomic E-state index is 11.4. The van der Waals surface area contributed by atoms with Crippen LogP contribution in [0.1, 0.15) is 20.7 Å². The third-order valence-corrected chi connectivity index (χ3v) is 16.2. The Balaban J connectivity index is 0. The van der Waals surface area contributed by atoms with Crippen molar-refractivity contribution in [2.24, 2.45) is 0 Å². The summed E-state index contributed by atoms with van der Waals surface area (Å²) in [6.07, 6.45) is 1.68. The van der Waals surface area contributed by atoms with Gasteiger partial charge in [-0.25, -0.2) is 0 Å². The predicted molar refractivity (Wildman–Crippen MR) is 222 cm³/mol. The van der Waals surface area contributed by atoms with Gasteiger partial charge in [-0.3, -0.25) is 4.79 Å². The van der Waals surface area contributed by atoms with Crippen molar-refractivity contribution < 1.29 is 38.0 Å². The fourth-order valence-corrected chi connectivity index (χ4v) is 9.98. The summed E-state index contributed by atoms with van der Waals surface area (Å²) in [4.78, 5) is 38.3. The van der Waals surface area contributed by atoms with E-state index < -0.39 is 54.3 Å². The first-order valence-corrected chi connectivity index (χ1v) is 46.0. The second-order valence-corrected chi connectivity index (χ2v) is 50.1. The Morgan fingerprint density at radius 3 is 1.39 bits per heavy atom. The molecule has 8 nitrogen and oxygen atoms in total. The van der Waals surface area contributed by atoms with E-state index in [4.69, 9.17) is 28.4 Å². The molecule has 0 heterocycles. The average molecular weight is 1100 g/mol. The number of halogens is 1. The number of benzene rings is 2. The van der Waals surface area contributed by atoms with Crippen molar-refractivity contribution in [3.8, 4) is 23.0 Å². The van der Waals surface area contributed by atoms with Crippen LogP contribution in [-0.2, 0) is 9.47 Å². The first kappa shape index (κ1) is 51.3. The molecular formula is C35H63BrO8Si2Sn3. The number of hydrogen-bond acceptors (Lipinski definition) is 8. The number of carbonyl (C=O) groups is 2. The van der Waals surface area contributed by atoms with Crippen LogP contribution in [0, 0.1) is 0 Å². The van der Waals surface area contributed by atoms with Crippen LogP contribution in [0.5, 0.6) is 23.0 Å². The number of methoxy groups -OCH3 is 2. The van der Waals surface area contributed by atoms with E-state index >= 15 is 0 Å². The Labute approximate surface area is 333 Å². The molecule has 0 amide bonds. The van der Waals surface area contributed by atoms with E-state index in [1.165, 1.54) is 0 Å². The van der Waals surface area contributed by atoms with Crippen molar-refractivity contribution in [2.75, 3.05) is 41.0 Å². The van der Waals surface area contributed by atoms with Crippen LogP contribution in [-0.4, -0.2) is 130 Å². The molecule has 0 saturated heterocycles. The summed E-state index contributed by atoms with van der Waals surface area (Å²) in [6, 6.07) is 9.29. The molecule has 0 spiro atoms.